The Balaban J connectivity index is 4.66. The predicted octanol–water partition coefficient (Wildman–Crippen LogP) is 9.04. The van der Waals surface area contributed by atoms with Crippen LogP contribution < -0.4 is 0 Å². The van der Waals surface area contributed by atoms with Gasteiger partial charge in [0.2, 0.25) is 0 Å². The zero-order valence-corrected chi connectivity index (χ0v) is 24.2. The molecule has 0 aromatic rings. The Labute approximate surface area is 228 Å². The van der Waals surface area contributed by atoms with Crippen molar-refractivity contribution in [2.45, 2.75) is 155 Å². The number of hydrogen-bond donors (Lipinski definition) is 0. The first-order valence-electron chi connectivity index (χ1n) is 15.4. The lowest BCUT2D eigenvalue weighted by Crippen LogP contribution is -2.25. The normalized spacial score (nSPS) is 13.5. The maximum absolute atomic E-state index is 10.4. The lowest BCUT2D eigenvalue weighted by atomic mass is 10.1. The van der Waals surface area contributed by atoms with E-state index in [9.17, 15) is 9.59 Å². The van der Waals surface area contributed by atoms with Crippen LogP contribution in [0.5, 0.6) is 0 Å². The van der Waals surface area contributed by atoms with Crippen LogP contribution in [-0.2, 0) is 23.8 Å². The third-order valence-corrected chi connectivity index (χ3v) is 6.30. The second-order valence-electron chi connectivity index (χ2n) is 9.91. The third kappa shape index (κ3) is 27.5. The molecule has 5 heteroatoms. The molecule has 0 bridgehead atoms. The van der Waals surface area contributed by atoms with Crippen LogP contribution in [-0.4, -0.2) is 38.4 Å². The van der Waals surface area contributed by atoms with Gasteiger partial charge in [-0.2, -0.15) is 0 Å². The minimum atomic E-state index is -0.400. The average molecular weight is 523 g/mol. The van der Waals surface area contributed by atoms with Gasteiger partial charge in [0.1, 0.15) is 12.6 Å². The number of rotatable bonds is 30. The molecule has 0 saturated heterocycles. The Hall–Kier alpha value is -1.30. The number of carbonyl (C=O) groups excluding carboxylic acids is 2. The predicted molar refractivity (Wildman–Crippen MR) is 155 cm³/mol. The van der Waals surface area contributed by atoms with Gasteiger partial charge in [0.05, 0.1) is 13.2 Å². The molecule has 0 spiro atoms. The van der Waals surface area contributed by atoms with Crippen LogP contribution in [0.15, 0.2) is 24.3 Å². The van der Waals surface area contributed by atoms with E-state index in [1.165, 1.54) is 38.5 Å². The summed E-state index contributed by atoms with van der Waals surface area (Å²) in [4.78, 5) is 20.8. The van der Waals surface area contributed by atoms with Crippen LogP contribution in [0.3, 0.4) is 0 Å². The summed E-state index contributed by atoms with van der Waals surface area (Å²) in [5.74, 6) is 0. The summed E-state index contributed by atoms with van der Waals surface area (Å²) >= 11 is 0. The largest absolute Gasteiger partial charge is 0.349 e. The van der Waals surface area contributed by atoms with Crippen LogP contribution in [0.4, 0.5) is 0 Å². The number of ether oxygens (including phenoxy) is 3. The quantitative estimate of drug-likeness (QED) is 0.0407. The average Bonchev–Trinajstić information content (AvgIpc) is 2.91. The summed E-state index contributed by atoms with van der Waals surface area (Å²) in [5.41, 5.74) is 0. The van der Waals surface area contributed by atoms with E-state index >= 15 is 0 Å². The molecular formula is C32H58O5. The standard InChI is InChI=1S/C32H58O5/c1-3-5-23-29-35-31(25-19-15-11-7-9-13-17-21-27-33)37-32(36-30-24-6-4-2)26-20-16-12-8-10-14-18-22-28-34/h19-20,25-28,31-32H,3-18,21-24,29-30H2,1-2H3. The van der Waals surface area contributed by atoms with Gasteiger partial charge in [-0.15, -0.1) is 0 Å². The number of allylic oxidation sites excluding steroid dienone is 2. The summed E-state index contributed by atoms with van der Waals surface area (Å²) < 4.78 is 18.4. The van der Waals surface area contributed by atoms with Gasteiger partial charge in [-0.25, -0.2) is 0 Å². The number of hydrogen-bond acceptors (Lipinski definition) is 5. The van der Waals surface area contributed by atoms with Crippen LogP contribution in [0.25, 0.3) is 0 Å². The van der Waals surface area contributed by atoms with Crippen molar-refractivity contribution in [1.29, 1.82) is 0 Å². The second-order valence-corrected chi connectivity index (χ2v) is 9.91. The molecule has 2 atom stereocenters. The molecule has 0 rings (SSSR count). The van der Waals surface area contributed by atoms with Crippen LogP contribution in [0.1, 0.15) is 142 Å². The highest BCUT2D eigenvalue weighted by molar-refractivity contribution is 5.49. The molecule has 2 unspecified atom stereocenters. The zero-order chi connectivity index (χ0) is 27.1. The summed E-state index contributed by atoms with van der Waals surface area (Å²) in [6, 6.07) is 0. The fourth-order valence-electron chi connectivity index (χ4n) is 3.97. The highest BCUT2D eigenvalue weighted by atomic mass is 16.8. The van der Waals surface area contributed by atoms with Crippen molar-refractivity contribution in [2.24, 2.45) is 0 Å². The van der Waals surface area contributed by atoms with Crippen molar-refractivity contribution >= 4 is 12.6 Å². The van der Waals surface area contributed by atoms with E-state index in [2.05, 4.69) is 26.0 Å². The summed E-state index contributed by atoms with van der Waals surface area (Å²) in [6.07, 6.45) is 31.1. The van der Waals surface area contributed by atoms with E-state index in [0.29, 0.717) is 26.1 Å². The number of carbonyl (C=O) groups is 2. The van der Waals surface area contributed by atoms with Gasteiger partial charge in [0.25, 0.3) is 0 Å². The second kappa shape index (κ2) is 30.9. The van der Waals surface area contributed by atoms with Crippen molar-refractivity contribution in [2.75, 3.05) is 13.2 Å². The molecule has 0 heterocycles. The van der Waals surface area contributed by atoms with Gasteiger partial charge in [-0.05, 0) is 63.5 Å². The maximum atomic E-state index is 10.4. The molecule has 0 fully saturated rings. The molecule has 0 aliphatic carbocycles. The molecule has 0 aromatic heterocycles. The summed E-state index contributed by atoms with van der Waals surface area (Å²) in [5, 5.41) is 0. The van der Waals surface area contributed by atoms with Crippen molar-refractivity contribution in [3.63, 3.8) is 0 Å². The van der Waals surface area contributed by atoms with E-state index in [1.54, 1.807) is 0 Å². The molecule has 0 aromatic carbocycles. The van der Waals surface area contributed by atoms with E-state index in [0.717, 1.165) is 89.6 Å². The Morgan fingerprint density at radius 2 is 0.865 bits per heavy atom. The highest BCUT2D eigenvalue weighted by Crippen LogP contribution is 2.13. The van der Waals surface area contributed by atoms with Gasteiger partial charge >= 0.3 is 0 Å². The lowest BCUT2D eigenvalue weighted by Gasteiger charge is -2.21. The SMILES string of the molecule is CCCCCOC(C=CCCCCCCCC=O)OC(C=CCCCCCCCC=O)OCCCCC. The van der Waals surface area contributed by atoms with Crippen LogP contribution in [0, 0.1) is 0 Å². The van der Waals surface area contributed by atoms with E-state index < -0.39 is 12.6 Å². The Morgan fingerprint density at radius 1 is 0.486 bits per heavy atom. The minimum Gasteiger partial charge on any atom is -0.349 e. The Morgan fingerprint density at radius 3 is 1.24 bits per heavy atom. The van der Waals surface area contributed by atoms with Gasteiger partial charge in [-0.3, -0.25) is 0 Å². The first-order chi connectivity index (χ1) is 18.3. The smallest absolute Gasteiger partial charge is 0.180 e. The maximum Gasteiger partial charge on any atom is 0.180 e. The molecule has 0 aliphatic rings. The summed E-state index contributed by atoms with van der Waals surface area (Å²) in [7, 11) is 0. The molecule has 5 nitrogen and oxygen atoms in total. The topological polar surface area (TPSA) is 61.8 Å². The lowest BCUT2D eigenvalue weighted by molar-refractivity contribution is -0.208. The first-order valence-corrected chi connectivity index (χ1v) is 15.4. The minimum absolute atomic E-state index is 0.400. The van der Waals surface area contributed by atoms with Gasteiger partial charge < -0.3 is 23.8 Å². The van der Waals surface area contributed by atoms with Crippen LogP contribution >= 0.6 is 0 Å². The van der Waals surface area contributed by atoms with E-state index in [-0.39, 0.29) is 0 Å². The van der Waals surface area contributed by atoms with Crippen molar-refractivity contribution < 1.29 is 23.8 Å². The fourth-order valence-corrected chi connectivity index (χ4v) is 3.97. The molecule has 216 valence electrons. The fraction of sp³-hybridized carbons (Fsp3) is 0.812. The van der Waals surface area contributed by atoms with Gasteiger partial charge in [0, 0.05) is 12.8 Å². The van der Waals surface area contributed by atoms with Crippen molar-refractivity contribution in [3.8, 4) is 0 Å². The van der Waals surface area contributed by atoms with E-state index in [4.69, 9.17) is 14.2 Å². The monoisotopic (exact) mass is 522 g/mol. The van der Waals surface area contributed by atoms with Crippen LogP contribution in [0.2, 0.25) is 0 Å². The molecule has 0 aliphatic heterocycles. The zero-order valence-electron chi connectivity index (χ0n) is 24.2. The Kier molecular flexibility index (Phi) is 29.8. The molecule has 0 saturated carbocycles. The summed E-state index contributed by atoms with van der Waals surface area (Å²) in [6.45, 7) is 5.78. The molecule has 0 radical (unpaired) electrons. The number of unbranched alkanes of at least 4 members (excludes halogenated alkanes) is 16. The molecule has 0 amide bonds. The number of aldehydes is 2. The highest BCUT2D eigenvalue weighted by Gasteiger charge is 2.13. The molecular weight excluding hydrogens is 464 g/mol. The van der Waals surface area contributed by atoms with Crippen molar-refractivity contribution in [1.82, 2.24) is 0 Å². The van der Waals surface area contributed by atoms with Gasteiger partial charge in [-0.1, -0.05) is 90.2 Å². The van der Waals surface area contributed by atoms with Gasteiger partial charge in [0.15, 0.2) is 12.6 Å². The molecule has 0 N–H and O–H groups in total. The first kappa shape index (κ1) is 35.7. The van der Waals surface area contributed by atoms with Crippen molar-refractivity contribution in [3.05, 3.63) is 24.3 Å². The van der Waals surface area contributed by atoms with E-state index in [1.807, 2.05) is 12.2 Å². The Bertz CT molecular complexity index is 485. The third-order valence-electron chi connectivity index (χ3n) is 6.30. The molecule has 37 heavy (non-hydrogen) atoms.